The van der Waals surface area contributed by atoms with Crippen LogP contribution in [0.1, 0.15) is 51.1 Å². The molecule has 0 unspecified atom stereocenters. The maximum Gasteiger partial charge on any atom is 0.255 e. The molecule has 0 saturated carbocycles. The number of methoxy groups -OCH3 is 1. The van der Waals surface area contributed by atoms with Crippen molar-refractivity contribution in [1.82, 2.24) is 10.2 Å². The second kappa shape index (κ2) is 14.5. The van der Waals surface area contributed by atoms with Gasteiger partial charge in [-0.3, -0.25) is 14.4 Å². The minimum Gasteiger partial charge on any atom is -0.497 e. The van der Waals surface area contributed by atoms with E-state index in [-0.39, 0.29) is 36.0 Å². The van der Waals surface area contributed by atoms with Crippen molar-refractivity contribution in [1.29, 1.82) is 0 Å². The number of hydrogen-bond acceptors (Lipinski definition) is 5. The lowest BCUT2D eigenvalue weighted by atomic mass is 9.94. The molecule has 232 valence electrons. The topological polar surface area (TPSA) is 91.0 Å². The fourth-order valence-electron chi connectivity index (χ4n) is 5.52. The molecule has 2 N–H and O–H groups in total. The Bertz CT molecular complexity index is 1620. The molecule has 1 saturated heterocycles. The first kappa shape index (κ1) is 31.3. The van der Waals surface area contributed by atoms with E-state index in [2.05, 4.69) is 15.5 Å². The van der Waals surface area contributed by atoms with Gasteiger partial charge in [-0.2, -0.15) is 0 Å². The molecule has 1 heterocycles. The number of rotatable bonds is 10. The van der Waals surface area contributed by atoms with E-state index in [4.69, 9.17) is 4.74 Å². The highest BCUT2D eigenvalue weighted by molar-refractivity contribution is 6.06. The quantitative estimate of drug-likeness (QED) is 0.236. The van der Waals surface area contributed by atoms with Gasteiger partial charge in [-0.25, -0.2) is 4.39 Å². The summed E-state index contributed by atoms with van der Waals surface area (Å²) < 4.78 is 18.6. The predicted octanol–water partition coefficient (Wildman–Crippen LogP) is 5.86. The van der Waals surface area contributed by atoms with Crippen LogP contribution >= 0.6 is 0 Å². The van der Waals surface area contributed by atoms with Gasteiger partial charge in [0, 0.05) is 49.7 Å². The van der Waals surface area contributed by atoms with Gasteiger partial charge in [-0.1, -0.05) is 49.4 Å². The van der Waals surface area contributed by atoms with Crippen LogP contribution in [0.25, 0.3) is 0 Å². The summed E-state index contributed by atoms with van der Waals surface area (Å²) in [5.74, 6) is -0.443. The highest BCUT2D eigenvalue weighted by Gasteiger charge is 2.29. The minimum atomic E-state index is -0.348. The number of halogens is 1. The van der Waals surface area contributed by atoms with Crippen molar-refractivity contribution in [2.75, 3.05) is 43.5 Å². The van der Waals surface area contributed by atoms with E-state index >= 15 is 0 Å². The molecule has 45 heavy (non-hydrogen) atoms. The molecule has 1 aliphatic rings. The smallest absolute Gasteiger partial charge is 0.255 e. The Hall–Kier alpha value is -5.18. The van der Waals surface area contributed by atoms with Crippen LogP contribution in [-0.4, -0.2) is 55.9 Å². The second-order valence-corrected chi connectivity index (χ2v) is 10.9. The lowest BCUT2D eigenvalue weighted by molar-refractivity contribution is -0.133. The number of amides is 3. The van der Waals surface area contributed by atoms with Crippen molar-refractivity contribution in [2.24, 2.45) is 0 Å². The van der Waals surface area contributed by atoms with Gasteiger partial charge in [0.25, 0.3) is 11.8 Å². The highest BCUT2D eigenvalue weighted by atomic mass is 19.1. The molecule has 0 aliphatic carbocycles. The molecule has 5 rings (SSSR count). The summed E-state index contributed by atoms with van der Waals surface area (Å²) in [5, 5.41) is 5.81. The molecular weight excluding hydrogens is 571 g/mol. The van der Waals surface area contributed by atoms with Crippen LogP contribution < -0.4 is 20.3 Å². The third-order valence-electron chi connectivity index (χ3n) is 8.06. The number of anilines is 2. The van der Waals surface area contributed by atoms with E-state index in [1.54, 1.807) is 55.6 Å². The van der Waals surface area contributed by atoms with Crippen molar-refractivity contribution in [3.63, 3.8) is 0 Å². The van der Waals surface area contributed by atoms with Crippen molar-refractivity contribution >= 4 is 29.1 Å². The number of piperazine rings is 1. The summed E-state index contributed by atoms with van der Waals surface area (Å²) in [4.78, 5) is 44.0. The Morgan fingerprint density at radius 1 is 0.844 bits per heavy atom. The van der Waals surface area contributed by atoms with Gasteiger partial charge in [0.2, 0.25) is 5.91 Å². The molecule has 1 atom stereocenters. The first-order valence-corrected chi connectivity index (χ1v) is 15.1. The number of carbonyl (C=O) groups excluding carboxylic acids is 3. The summed E-state index contributed by atoms with van der Waals surface area (Å²) >= 11 is 0. The van der Waals surface area contributed by atoms with Crippen molar-refractivity contribution in [2.45, 2.75) is 25.8 Å². The second-order valence-electron chi connectivity index (χ2n) is 10.9. The number of nitrogens with zero attached hydrogens (tertiary/aromatic N) is 2. The molecule has 0 spiro atoms. The van der Waals surface area contributed by atoms with Crippen LogP contribution in [0.5, 0.6) is 5.75 Å². The summed E-state index contributed by atoms with van der Waals surface area (Å²) in [6.07, 6.45) is 0.713. The van der Waals surface area contributed by atoms with E-state index in [9.17, 15) is 18.8 Å². The zero-order valence-corrected chi connectivity index (χ0v) is 25.5. The Morgan fingerprint density at radius 2 is 1.53 bits per heavy atom. The molecule has 0 bridgehead atoms. The van der Waals surface area contributed by atoms with Gasteiger partial charge >= 0.3 is 0 Å². The number of hydrogen-bond donors (Lipinski definition) is 2. The van der Waals surface area contributed by atoms with Crippen LogP contribution in [0.2, 0.25) is 0 Å². The molecule has 8 nitrogen and oxygen atoms in total. The number of ether oxygens (including phenoxy) is 1. The van der Waals surface area contributed by atoms with Crippen LogP contribution in [0.4, 0.5) is 15.8 Å². The standard InChI is InChI=1S/C36H37FN4O4/c1-3-31(26-7-5-4-6-8-26)36(44)41-21-19-40(20-22-41)33-18-15-29(39-34(42)27-11-16-30(45-2)17-12-27)23-32(33)35(43)38-24-25-9-13-28(37)14-10-25/h4-18,23,31H,3,19-22,24H2,1-2H3,(H,38,43)(H,39,42)/t31-/m1/s1. The molecule has 1 aliphatic heterocycles. The molecule has 4 aromatic rings. The minimum absolute atomic E-state index is 0.109. The first-order chi connectivity index (χ1) is 21.9. The maximum absolute atomic E-state index is 13.6. The predicted molar refractivity (Wildman–Crippen MR) is 173 cm³/mol. The number of carbonyl (C=O) groups is 3. The SMILES string of the molecule is CC[C@@H](C(=O)N1CCN(c2ccc(NC(=O)c3ccc(OC)cc3)cc2C(=O)NCc2ccc(F)cc2)CC1)c1ccccc1. The monoisotopic (exact) mass is 608 g/mol. The number of benzene rings is 4. The van der Waals surface area contributed by atoms with E-state index in [0.717, 1.165) is 11.1 Å². The summed E-state index contributed by atoms with van der Waals surface area (Å²) in [5.41, 5.74) is 3.78. The Kier molecular flexibility index (Phi) is 10.1. The normalized spacial score (nSPS) is 13.6. The van der Waals surface area contributed by atoms with Crippen LogP contribution in [0.15, 0.2) is 97.1 Å². The van der Waals surface area contributed by atoms with Gasteiger partial charge < -0.3 is 25.2 Å². The molecule has 4 aromatic carbocycles. The van der Waals surface area contributed by atoms with Crippen molar-refractivity contribution < 1.29 is 23.5 Å². The van der Waals surface area contributed by atoms with E-state index < -0.39 is 0 Å². The average molecular weight is 609 g/mol. The van der Waals surface area contributed by atoms with Crippen LogP contribution in [-0.2, 0) is 11.3 Å². The zero-order valence-electron chi connectivity index (χ0n) is 25.5. The lowest BCUT2D eigenvalue weighted by Crippen LogP contribution is -2.50. The third-order valence-corrected chi connectivity index (χ3v) is 8.06. The van der Waals surface area contributed by atoms with E-state index in [1.165, 1.54) is 12.1 Å². The summed E-state index contributed by atoms with van der Waals surface area (Å²) in [7, 11) is 1.56. The Balaban J connectivity index is 1.33. The molecule has 3 amide bonds. The van der Waals surface area contributed by atoms with Crippen molar-refractivity contribution in [3.05, 3.63) is 125 Å². The van der Waals surface area contributed by atoms with Crippen LogP contribution in [0, 0.1) is 5.82 Å². The lowest BCUT2D eigenvalue weighted by Gasteiger charge is -2.38. The van der Waals surface area contributed by atoms with Gasteiger partial charge in [-0.05, 0) is 72.1 Å². The Morgan fingerprint density at radius 3 is 2.18 bits per heavy atom. The number of nitrogens with one attached hydrogen (secondary N) is 2. The third kappa shape index (κ3) is 7.67. The average Bonchev–Trinajstić information content (AvgIpc) is 3.08. The fraction of sp³-hybridized carbons (Fsp3) is 0.250. The largest absolute Gasteiger partial charge is 0.497 e. The van der Waals surface area contributed by atoms with E-state index in [0.29, 0.717) is 60.9 Å². The maximum atomic E-state index is 13.6. The van der Waals surface area contributed by atoms with Crippen molar-refractivity contribution in [3.8, 4) is 5.75 Å². The van der Waals surface area contributed by atoms with Gasteiger partial charge in [-0.15, -0.1) is 0 Å². The first-order valence-electron chi connectivity index (χ1n) is 15.1. The summed E-state index contributed by atoms with van der Waals surface area (Å²) in [6.45, 7) is 4.38. The van der Waals surface area contributed by atoms with E-state index in [1.807, 2.05) is 48.2 Å². The molecule has 9 heteroatoms. The zero-order chi connectivity index (χ0) is 31.8. The Labute approximate surface area is 262 Å². The molecular formula is C36H37FN4O4. The highest BCUT2D eigenvalue weighted by Crippen LogP contribution is 2.28. The van der Waals surface area contributed by atoms with Gasteiger partial charge in [0.05, 0.1) is 18.6 Å². The van der Waals surface area contributed by atoms with Gasteiger partial charge in [0.1, 0.15) is 11.6 Å². The van der Waals surface area contributed by atoms with Crippen LogP contribution in [0.3, 0.4) is 0 Å². The molecule has 0 aromatic heterocycles. The molecule has 1 fully saturated rings. The summed E-state index contributed by atoms with van der Waals surface area (Å²) in [6, 6.07) is 27.8. The fourth-order valence-corrected chi connectivity index (χ4v) is 5.52. The van der Waals surface area contributed by atoms with Gasteiger partial charge in [0.15, 0.2) is 0 Å². The molecule has 0 radical (unpaired) electrons.